The van der Waals surface area contributed by atoms with Crippen LogP contribution in [0.3, 0.4) is 0 Å². The van der Waals surface area contributed by atoms with Crippen molar-refractivity contribution in [3.05, 3.63) is 53.6 Å². The maximum Gasteiger partial charge on any atom is 0.500 e. The molecule has 2 atom stereocenters. The van der Waals surface area contributed by atoms with Gasteiger partial charge in [0.15, 0.2) is 12.5 Å². The number of unbranched alkanes of at least 4 members (excludes halogenated alkanes) is 6. The molecule has 3 rings (SSSR count). The van der Waals surface area contributed by atoms with Crippen LogP contribution >= 0.6 is 0 Å². The summed E-state index contributed by atoms with van der Waals surface area (Å²) in [5.74, 6) is 0.403. The second-order valence-electron chi connectivity index (χ2n) is 8.91. The fourth-order valence-corrected chi connectivity index (χ4v) is 4.38. The van der Waals surface area contributed by atoms with Crippen LogP contribution in [0, 0.1) is 5.92 Å². The van der Waals surface area contributed by atoms with E-state index in [1.54, 1.807) is 24.3 Å². The molecule has 2 N–H and O–H groups in total. The van der Waals surface area contributed by atoms with Gasteiger partial charge >= 0.3 is 7.12 Å². The first-order valence-corrected chi connectivity index (χ1v) is 11.9. The van der Waals surface area contributed by atoms with E-state index >= 15 is 4.39 Å². The number of ether oxygens (including phenoxy) is 2. The van der Waals surface area contributed by atoms with Crippen molar-refractivity contribution >= 4 is 12.7 Å². The Morgan fingerprint density at radius 3 is 2.25 bits per heavy atom. The SMILES string of the molecule is CCCCCCCCCC1COC(c2ccc(C3=CC=CC(F)C3(F)B(O)O)cc2)OC1. The minimum Gasteiger partial charge on any atom is -0.425 e. The lowest BCUT2D eigenvalue weighted by atomic mass is 9.60. The molecule has 0 radical (unpaired) electrons. The lowest BCUT2D eigenvalue weighted by molar-refractivity contribution is -0.206. The van der Waals surface area contributed by atoms with Gasteiger partial charge in [-0.25, -0.2) is 8.78 Å². The summed E-state index contributed by atoms with van der Waals surface area (Å²) < 4.78 is 41.1. The fourth-order valence-electron chi connectivity index (χ4n) is 4.38. The molecular formula is C25H35BF2O4. The highest BCUT2D eigenvalue weighted by Gasteiger charge is 2.53. The van der Waals surface area contributed by atoms with Gasteiger partial charge in [-0.15, -0.1) is 0 Å². The van der Waals surface area contributed by atoms with Crippen LogP contribution in [-0.4, -0.2) is 42.1 Å². The van der Waals surface area contributed by atoms with Crippen LogP contribution in [0.25, 0.3) is 5.57 Å². The van der Waals surface area contributed by atoms with Crippen LogP contribution in [0.5, 0.6) is 0 Å². The Bertz CT molecular complexity index is 760. The Kier molecular flexibility index (Phi) is 9.47. The van der Waals surface area contributed by atoms with Crippen molar-refractivity contribution in [2.24, 2.45) is 5.92 Å². The summed E-state index contributed by atoms with van der Waals surface area (Å²) in [6, 6.07) is 6.74. The molecule has 7 heteroatoms. The summed E-state index contributed by atoms with van der Waals surface area (Å²) in [6.45, 7) is 3.52. The third-order valence-electron chi connectivity index (χ3n) is 6.41. The molecule has 1 aromatic rings. The van der Waals surface area contributed by atoms with E-state index < -0.39 is 25.1 Å². The molecule has 176 valence electrons. The van der Waals surface area contributed by atoms with E-state index in [0.717, 1.165) is 18.1 Å². The first-order chi connectivity index (χ1) is 15.5. The molecule has 4 nitrogen and oxygen atoms in total. The van der Waals surface area contributed by atoms with E-state index in [0.29, 0.717) is 24.7 Å². The number of benzene rings is 1. The van der Waals surface area contributed by atoms with E-state index in [4.69, 9.17) is 9.47 Å². The zero-order valence-electron chi connectivity index (χ0n) is 18.9. The summed E-state index contributed by atoms with van der Waals surface area (Å²) in [7, 11) is -2.47. The molecule has 0 spiro atoms. The topological polar surface area (TPSA) is 58.9 Å². The van der Waals surface area contributed by atoms with Gasteiger partial charge in [-0.3, -0.25) is 0 Å². The van der Waals surface area contributed by atoms with Gasteiger partial charge in [-0.05, 0) is 23.6 Å². The van der Waals surface area contributed by atoms with Crippen LogP contribution in [0.2, 0.25) is 0 Å². The molecule has 1 fully saturated rings. The number of rotatable bonds is 11. The Balaban J connectivity index is 1.48. The zero-order chi connectivity index (χ0) is 23.0. The standard InChI is InChI=1S/C25H35BF2O4/c1-2-3-4-5-6-7-8-10-19-17-31-24(32-18-19)21-15-13-20(14-16-21)22-11-9-12-23(27)25(22,28)26(29)30/h9,11-16,19,23-24,29-30H,2-8,10,17-18H2,1H3. The number of hydrogen-bond acceptors (Lipinski definition) is 4. The van der Waals surface area contributed by atoms with Crippen molar-refractivity contribution in [2.45, 2.75) is 76.3 Å². The number of allylic oxidation sites excluding steroid dienone is 4. The monoisotopic (exact) mass is 448 g/mol. The van der Waals surface area contributed by atoms with Gasteiger partial charge in [-0.1, -0.05) is 88.3 Å². The van der Waals surface area contributed by atoms with Crippen LogP contribution in [0.15, 0.2) is 42.5 Å². The average Bonchev–Trinajstić information content (AvgIpc) is 2.81. The zero-order valence-corrected chi connectivity index (χ0v) is 18.9. The molecule has 1 aliphatic heterocycles. The molecule has 1 aliphatic carbocycles. The maximum atomic E-state index is 15.1. The summed E-state index contributed by atoms with van der Waals surface area (Å²) in [6.07, 6.45) is 11.2. The molecule has 0 bridgehead atoms. The van der Waals surface area contributed by atoms with Crippen molar-refractivity contribution in [3.8, 4) is 0 Å². The molecule has 0 saturated carbocycles. The summed E-state index contributed by atoms with van der Waals surface area (Å²) in [5.41, 5.74) is -1.84. The van der Waals surface area contributed by atoms with Gasteiger partial charge in [-0.2, -0.15) is 0 Å². The maximum absolute atomic E-state index is 15.1. The van der Waals surface area contributed by atoms with Gasteiger partial charge in [0.25, 0.3) is 0 Å². The highest BCUT2D eigenvalue weighted by Crippen LogP contribution is 2.40. The van der Waals surface area contributed by atoms with Gasteiger partial charge in [0, 0.05) is 11.5 Å². The van der Waals surface area contributed by atoms with Crippen molar-refractivity contribution in [1.82, 2.24) is 0 Å². The lowest BCUT2D eigenvalue weighted by Crippen LogP contribution is -2.51. The van der Waals surface area contributed by atoms with Crippen LogP contribution in [0.1, 0.15) is 75.7 Å². The predicted molar refractivity (Wildman–Crippen MR) is 123 cm³/mol. The normalized spacial score (nSPS) is 27.9. The first-order valence-electron chi connectivity index (χ1n) is 11.9. The molecule has 2 unspecified atom stereocenters. The van der Waals surface area contributed by atoms with Crippen molar-refractivity contribution in [3.63, 3.8) is 0 Å². The molecule has 1 aromatic carbocycles. The van der Waals surface area contributed by atoms with Crippen LogP contribution < -0.4 is 0 Å². The van der Waals surface area contributed by atoms with E-state index in [1.807, 2.05) is 0 Å². The molecule has 2 aliphatic rings. The lowest BCUT2D eigenvalue weighted by Gasteiger charge is -2.32. The highest BCUT2D eigenvalue weighted by atomic mass is 19.2. The smallest absolute Gasteiger partial charge is 0.425 e. The Morgan fingerprint density at radius 2 is 1.62 bits per heavy atom. The fraction of sp³-hybridized carbons (Fsp3) is 0.600. The van der Waals surface area contributed by atoms with Gasteiger partial charge in [0.1, 0.15) is 0 Å². The van der Waals surface area contributed by atoms with Crippen molar-refractivity contribution in [2.75, 3.05) is 13.2 Å². The number of alkyl halides is 2. The Labute approximate surface area is 190 Å². The molecule has 32 heavy (non-hydrogen) atoms. The minimum absolute atomic E-state index is 0.103. The second-order valence-corrected chi connectivity index (χ2v) is 8.91. The quantitative estimate of drug-likeness (QED) is 0.347. The van der Waals surface area contributed by atoms with Crippen molar-refractivity contribution < 1.29 is 28.3 Å². The van der Waals surface area contributed by atoms with Gasteiger partial charge < -0.3 is 19.5 Å². The number of hydrogen-bond donors (Lipinski definition) is 2. The Hall–Kier alpha value is -1.54. The molecule has 1 saturated heterocycles. The van der Waals surface area contributed by atoms with Crippen LogP contribution in [0.4, 0.5) is 8.78 Å². The second kappa shape index (κ2) is 12.1. The van der Waals surface area contributed by atoms with E-state index in [2.05, 4.69) is 6.92 Å². The molecule has 1 heterocycles. The summed E-state index contributed by atoms with van der Waals surface area (Å²) >= 11 is 0. The summed E-state index contributed by atoms with van der Waals surface area (Å²) in [5, 5.41) is 18.9. The van der Waals surface area contributed by atoms with Gasteiger partial charge in [0.05, 0.1) is 13.2 Å². The number of halogens is 2. The van der Waals surface area contributed by atoms with E-state index in [1.165, 1.54) is 57.1 Å². The third kappa shape index (κ3) is 6.07. The van der Waals surface area contributed by atoms with E-state index in [-0.39, 0.29) is 5.57 Å². The van der Waals surface area contributed by atoms with Crippen LogP contribution in [-0.2, 0) is 9.47 Å². The predicted octanol–water partition coefficient (Wildman–Crippen LogP) is 5.50. The summed E-state index contributed by atoms with van der Waals surface area (Å²) in [4.78, 5) is 0. The highest BCUT2D eigenvalue weighted by molar-refractivity contribution is 6.49. The first kappa shape index (κ1) is 25.1. The Morgan fingerprint density at radius 1 is 1.00 bits per heavy atom. The third-order valence-corrected chi connectivity index (χ3v) is 6.41. The minimum atomic E-state index is -2.91. The largest absolute Gasteiger partial charge is 0.500 e. The molecule has 0 aromatic heterocycles. The molecule has 0 amide bonds. The molecular weight excluding hydrogens is 413 g/mol. The average molecular weight is 448 g/mol. The van der Waals surface area contributed by atoms with E-state index in [9.17, 15) is 14.4 Å². The van der Waals surface area contributed by atoms with Crippen molar-refractivity contribution in [1.29, 1.82) is 0 Å². The van der Waals surface area contributed by atoms with Gasteiger partial charge in [0.2, 0.25) is 5.57 Å².